The van der Waals surface area contributed by atoms with E-state index in [4.69, 9.17) is 4.74 Å². The summed E-state index contributed by atoms with van der Waals surface area (Å²) in [7, 11) is 0. The number of benzene rings is 1. The molecular formula is C16H24O2. The van der Waals surface area contributed by atoms with Crippen molar-refractivity contribution in [2.45, 2.75) is 53.6 Å². The van der Waals surface area contributed by atoms with Crippen LogP contribution in [0.2, 0.25) is 0 Å². The van der Waals surface area contributed by atoms with E-state index >= 15 is 0 Å². The number of carbonyl (C=O) groups is 1. The van der Waals surface area contributed by atoms with Gasteiger partial charge in [-0.25, -0.2) is 0 Å². The molecule has 0 aromatic heterocycles. The maximum atomic E-state index is 11.9. The van der Waals surface area contributed by atoms with Crippen LogP contribution in [0, 0.1) is 19.8 Å². The molecule has 1 rings (SSSR count). The predicted molar refractivity (Wildman–Crippen MR) is 74.5 cm³/mol. The molecule has 1 atom stereocenters. The van der Waals surface area contributed by atoms with Gasteiger partial charge in [-0.2, -0.15) is 0 Å². The molecule has 0 amide bonds. The molecule has 0 heterocycles. The lowest BCUT2D eigenvalue weighted by Crippen LogP contribution is -2.29. The standard InChI is InChI=1S/C16H24O2/c1-7-12(3)15(17)18-16(5,6)14-9-8-11(2)10-13(14)4/h8-10,12H,7H2,1-6H3. The lowest BCUT2D eigenvalue weighted by Gasteiger charge is -2.28. The van der Waals surface area contributed by atoms with Crippen molar-refractivity contribution in [1.82, 2.24) is 0 Å². The van der Waals surface area contributed by atoms with Crippen LogP contribution in [0.3, 0.4) is 0 Å². The Morgan fingerprint density at radius 1 is 1.33 bits per heavy atom. The number of esters is 1. The molecule has 2 nitrogen and oxygen atoms in total. The molecule has 0 aliphatic carbocycles. The quantitative estimate of drug-likeness (QED) is 0.749. The number of rotatable bonds is 4. The molecule has 1 unspecified atom stereocenters. The van der Waals surface area contributed by atoms with Gasteiger partial charge in [-0.05, 0) is 45.2 Å². The summed E-state index contributed by atoms with van der Waals surface area (Å²) in [6, 6.07) is 6.23. The summed E-state index contributed by atoms with van der Waals surface area (Å²) in [5.74, 6) is -0.169. The smallest absolute Gasteiger partial charge is 0.309 e. The van der Waals surface area contributed by atoms with Crippen molar-refractivity contribution in [3.63, 3.8) is 0 Å². The highest BCUT2D eigenvalue weighted by Crippen LogP contribution is 2.29. The van der Waals surface area contributed by atoms with Gasteiger partial charge in [0.2, 0.25) is 0 Å². The highest BCUT2D eigenvalue weighted by Gasteiger charge is 2.28. The van der Waals surface area contributed by atoms with Crippen LogP contribution in [-0.4, -0.2) is 5.97 Å². The first-order chi connectivity index (χ1) is 8.27. The summed E-state index contributed by atoms with van der Waals surface area (Å²) in [5.41, 5.74) is 2.89. The van der Waals surface area contributed by atoms with Gasteiger partial charge < -0.3 is 4.74 Å². The van der Waals surface area contributed by atoms with Crippen LogP contribution in [0.15, 0.2) is 18.2 Å². The largest absolute Gasteiger partial charge is 0.455 e. The molecule has 0 saturated heterocycles. The second kappa shape index (κ2) is 5.55. The average molecular weight is 248 g/mol. The van der Waals surface area contributed by atoms with Crippen LogP contribution < -0.4 is 0 Å². The molecule has 0 aliphatic rings. The molecule has 0 fully saturated rings. The molecule has 18 heavy (non-hydrogen) atoms. The molecule has 0 spiro atoms. The molecular weight excluding hydrogens is 224 g/mol. The fourth-order valence-corrected chi connectivity index (χ4v) is 2.06. The van der Waals surface area contributed by atoms with Gasteiger partial charge in [-0.15, -0.1) is 0 Å². The van der Waals surface area contributed by atoms with E-state index in [1.54, 1.807) is 0 Å². The molecule has 0 bridgehead atoms. The van der Waals surface area contributed by atoms with Crippen LogP contribution in [-0.2, 0) is 15.1 Å². The highest BCUT2D eigenvalue weighted by atomic mass is 16.6. The van der Waals surface area contributed by atoms with Gasteiger partial charge in [0.25, 0.3) is 0 Å². The number of carbonyl (C=O) groups excluding carboxylic acids is 1. The third kappa shape index (κ3) is 3.34. The normalized spacial score (nSPS) is 13.2. The van der Waals surface area contributed by atoms with Gasteiger partial charge in [-0.3, -0.25) is 4.79 Å². The first-order valence-corrected chi connectivity index (χ1v) is 6.58. The zero-order valence-electron chi connectivity index (χ0n) is 12.3. The van der Waals surface area contributed by atoms with Gasteiger partial charge in [0.05, 0.1) is 5.92 Å². The van der Waals surface area contributed by atoms with Gasteiger partial charge in [-0.1, -0.05) is 37.6 Å². The number of hydrogen-bond acceptors (Lipinski definition) is 2. The average Bonchev–Trinajstić information content (AvgIpc) is 2.26. The third-order valence-corrected chi connectivity index (χ3v) is 3.40. The number of aryl methyl sites for hydroxylation is 2. The zero-order chi connectivity index (χ0) is 13.9. The Bertz CT molecular complexity index is 433. The molecule has 1 aromatic rings. The maximum Gasteiger partial charge on any atom is 0.309 e. The molecule has 2 heteroatoms. The molecule has 100 valence electrons. The third-order valence-electron chi connectivity index (χ3n) is 3.40. The summed E-state index contributed by atoms with van der Waals surface area (Å²) in [6.07, 6.45) is 0.807. The van der Waals surface area contributed by atoms with Gasteiger partial charge in [0.15, 0.2) is 0 Å². The van der Waals surface area contributed by atoms with Crippen molar-refractivity contribution in [3.05, 3.63) is 34.9 Å². The number of hydrogen-bond donors (Lipinski definition) is 0. The Morgan fingerprint density at radius 3 is 2.44 bits per heavy atom. The van der Waals surface area contributed by atoms with Crippen molar-refractivity contribution in [2.75, 3.05) is 0 Å². The Labute approximate surface area is 110 Å². The van der Waals surface area contributed by atoms with E-state index < -0.39 is 5.60 Å². The van der Waals surface area contributed by atoms with E-state index in [1.807, 2.05) is 27.7 Å². The minimum atomic E-state index is -0.571. The van der Waals surface area contributed by atoms with Crippen LogP contribution >= 0.6 is 0 Å². The molecule has 0 N–H and O–H groups in total. The molecule has 0 saturated carbocycles. The van der Waals surface area contributed by atoms with E-state index in [2.05, 4.69) is 32.0 Å². The Kier molecular flexibility index (Phi) is 4.55. The predicted octanol–water partition coefficient (Wildman–Crippen LogP) is 4.13. The van der Waals surface area contributed by atoms with Crippen molar-refractivity contribution in [2.24, 2.45) is 5.92 Å². The number of ether oxygens (including phenoxy) is 1. The van der Waals surface area contributed by atoms with E-state index in [0.717, 1.165) is 17.5 Å². The molecule has 0 radical (unpaired) electrons. The lowest BCUT2D eigenvalue weighted by atomic mass is 9.92. The van der Waals surface area contributed by atoms with Crippen molar-refractivity contribution < 1.29 is 9.53 Å². The summed E-state index contributed by atoms with van der Waals surface area (Å²) in [6.45, 7) is 11.9. The van der Waals surface area contributed by atoms with Crippen molar-refractivity contribution in [3.8, 4) is 0 Å². The topological polar surface area (TPSA) is 26.3 Å². The maximum absolute atomic E-state index is 11.9. The van der Waals surface area contributed by atoms with Gasteiger partial charge >= 0.3 is 5.97 Å². The summed E-state index contributed by atoms with van der Waals surface area (Å²) < 4.78 is 5.66. The minimum absolute atomic E-state index is 0.0463. The van der Waals surface area contributed by atoms with Crippen LogP contribution in [0.1, 0.15) is 50.8 Å². The summed E-state index contributed by atoms with van der Waals surface area (Å²) >= 11 is 0. The van der Waals surface area contributed by atoms with Gasteiger partial charge in [0.1, 0.15) is 5.60 Å². The highest BCUT2D eigenvalue weighted by molar-refractivity contribution is 5.72. The molecule has 0 aliphatic heterocycles. The van der Waals surface area contributed by atoms with E-state index in [9.17, 15) is 4.79 Å². The van der Waals surface area contributed by atoms with E-state index in [0.29, 0.717) is 0 Å². The van der Waals surface area contributed by atoms with Crippen LogP contribution in [0.5, 0.6) is 0 Å². The van der Waals surface area contributed by atoms with Gasteiger partial charge in [0, 0.05) is 0 Å². The summed E-state index contributed by atoms with van der Waals surface area (Å²) in [5, 5.41) is 0. The first-order valence-electron chi connectivity index (χ1n) is 6.58. The Balaban J connectivity index is 2.95. The van der Waals surface area contributed by atoms with E-state index in [1.165, 1.54) is 5.56 Å². The zero-order valence-corrected chi connectivity index (χ0v) is 12.3. The fourth-order valence-electron chi connectivity index (χ4n) is 2.06. The first kappa shape index (κ1) is 14.7. The second-order valence-electron chi connectivity index (χ2n) is 5.56. The van der Waals surface area contributed by atoms with E-state index in [-0.39, 0.29) is 11.9 Å². The molecule has 1 aromatic carbocycles. The summed E-state index contributed by atoms with van der Waals surface area (Å²) in [4.78, 5) is 11.9. The Hall–Kier alpha value is -1.31. The SMILES string of the molecule is CCC(C)C(=O)OC(C)(C)c1ccc(C)cc1C. The Morgan fingerprint density at radius 2 is 1.94 bits per heavy atom. The lowest BCUT2D eigenvalue weighted by molar-refractivity contribution is -0.162. The van der Waals surface area contributed by atoms with Crippen LogP contribution in [0.25, 0.3) is 0 Å². The fraction of sp³-hybridized carbons (Fsp3) is 0.562. The monoisotopic (exact) mass is 248 g/mol. The minimum Gasteiger partial charge on any atom is -0.455 e. The van der Waals surface area contributed by atoms with Crippen molar-refractivity contribution >= 4 is 5.97 Å². The van der Waals surface area contributed by atoms with Crippen molar-refractivity contribution in [1.29, 1.82) is 0 Å². The second-order valence-corrected chi connectivity index (χ2v) is 5.56. The van der Waals surface area contributed by atoms with Crippen LogP contribution in [0.4, 0.5) is 0 Å².